The van der Waals surface area contributed by atoms with Gasteiger partial charge in [-0.2, -0.15) is 0 Å². The molecule has 0 aromatic heterocycles. The third kappa shape index (κ3) is 5.46. The second-order valence-electron chi connectivity index (χ2n) is 6.88. The number of aryl methyl sites for hydroxylation is 1. The summed E-state index contributed by atoms with van der Waals surface area (Å²) < 4.78 is 40.4. The molecular formula is C22H20BrFN2O3S. The fourth-order valence-corrected chi connectivity index (χ4v) is 4.11. The van der Waals surface area contributed by atoms with Crippen molar-refractivity contribution in [1.29, 1.82) is 0 Å². The van der Waals surface area contributed by atoms with Gasteiger partial charge in [0.1, 0.15) is 5.82 Å². The maximum absolute atomic E-state index is 13.9. The van der Waals surface area contributed by atoms with Crippen LogP contribution in [0.5, 0.6) is 0 Å². The van der Waals surface area contributed by atoms with E-state index in [2.05, 4.69) is 21.2 Å². The SMILES string of the molecule is Cc1cccc(N(Cc2ccc(C(=O)Nc3ccc(Br)cc3F)cc2)S(C)(=O)=O)c1. The van der Waals surface area contributed by atoms with Gasteiger partial charge in [-0.05, 0) is 60.5 Å². The first kappa shape index (κ1) is 22.0. The maximum atomic E-state index is 13.9. The number of amides is 1. The normalized spacial score (nSPS) is 11.2. The highest BCUT2D eigenvalue weighted by Crippen LogP contribution is 2.23. The van der Waals surface area contributed by atoms with E-state index in [0.29, 0.717) is 21.3 Å². The van der Waals surface area contributed by atoms with Gasteiger partial charge in [-0.25, -0.2) is 12.8 Å². The van der Waals surface area contributed by atoms with Gasteiger partial charge < -0.3 is 5.32 Å². The van der Waals surface area contributed by atoms with Crippen LogP contribution < -0.4 is 9.62 Å². The molecule has 0 fully saturated rings. The number of nitrogens with one attached hydrogen (secondary N) is 1. The van der Waals surface area contributed by atoms with E-state index in [1.807, 2.05) is 13.0 Å². The minimum Gasteiger partial charge on any atom is -0.319 e. The van der Waals surface area contributed by atoms with Crippen LogP contribution >= 0.6 is 15.9 Å². The summed E-state index contributed by atoms with van der Waals surface area (Å²) >= 11 is 3.17. The van der Waals surface area contributed by atoms with Crippen molar-refractivity contribution in [2.24, 2.45) is 0 Å². The third-order valence-corrected chi connectivity index (χ3v) is 6.05. The Hall–Kier alpha value is -2.71. The average molecular weight is 491 g/mol. The molecule has 8 heteroatoms. The van der Waals surface area contributed by atoms with Gasteiger partial charge in [-0.1, -0.05) is 40.2 Å². The topological polar surface area (TPSA) is 66.5 Å². The Bertz CT molecular complexity index is 1180. The van der Waals surface area contributed by atoms with Gasteiger partial charge in [0.15, 0.2) is 0 Å². The van der Waals surface area contributed by atoms with E-state index in [1.54, 1.807) is 48.5 Å². The van der Waals surface area contributed by atoms with Crippen LogP contribution in [0.25, 0.3) is 0 Å². The van der Waals surface area contributed by atoms with Crippen LogP contribution in [0.2, 0.25) is 0 Å². The number of hydrogen-bond acceptors (Lipinski definition) is 3. The summed E-state index contributed by atoms with van der Waals surface area (Å²) in [5.74, 6) is -1.00. The molecule has 3 aromatic rings. The lowest BCUT2D eigenvalue weighted by Crippen LogP contribution is -2.29. The maximum Gasteiger partial charge on any atom is 0.255 e. The van der Waals surface area contributed by atoms with Gasteiger partial charge in [0.25, 0.3) is 5.91 Å². The van der Waals surface area contributed by atoms with E-state index in [4.69, 9.17) is 0 Å². The molecule has 5 nitrogen and oxygen atoms in total. The lowest BCUT2D eigenvalue weighted by molar-refractivity contribution is 0.102. The number of nitrogens with zero attached hydrogens (tertiary/aromatic N) is 1. The molecule has 0 aliphatic carbocycles. The van der Waals surface area contributed by atoms with Crippen molar-refractivity contribution in [3.8, 4) is 0 Å². The molecule has 3 rings (SSSR count). The summed E-state index contributed by atoms with van der Waals surface area (Å²) in [4.78, 5) is 12.4. The zero-order chi connectivity index (χ0) is 21.9. The molecule has 1 amide bonds. The van der Waals surface area contributed by atoms with Crippen molar-refractivity contribution in [3.63, 3.8) is 0 Å². The Labute approximate surface area is 183 Å². The van der Waals surface area contributed by atoms with Crippen molar-refractivity contribution in [2.75, 3.05) is 15.9 Å². The largest absolute Gasteiger partial charge is 0.319 e. The molecule has 0 spiro atoms. The molecule has 156 valence electrons. The van der Waals surface area contributed by atoms with Crippen LogP contribution in [-0.4, -0.2) is 20.6 Å². The molecule has 0 atom stereocenters. The third-order valence-electron chi connectivity index (χ3n) is 4.41. The highest BCUT2D eigenvalue weighted by atomic mass is 79.9. The van der Waals surface area contributed by atoms with Gasteiger partial charge in [0.05, 0.1) is 24.2 Å². The lowest BCUT2D eigenvalue weighted by atomic mass is 10.1. The first-order chi connectivity index (χ1) is 14.1. The fraction of sp³-hybridized carbons (Fsp3) is 0.136. The van der Waals surface area contributed by atoms with Gasteiger partial charge in [0, 0.05) is 10.0 Å². The average Bonchev–Trinajstić information content (AvgIpc) is 2.68. The highest BCUT2D eigenvalue weighted by Gasteiger charge is 2.18. The van der Waals surface area contributed by atoms with Gasteiger partial charge >= 0.3 is 0 Å². The molecule has 0 heterocycles. The van der Waals surface area contributed by atoms with E-state index in [1.165, 1.54) is 16.4 Å². The smallest absolute Gasteiger partial charge is 0.255 e. The molecular weight excluding hydrogens is 471 g/mol. The minimum atomic E-state index is -3.50. The Morgan fingerprint density at radius 2 is 1.77 bits per heavy atom. The molecule has 0 radical (unpaired) electrons. The van der Waals surface area contributed by atoms with Crippen molar-refractivity contribution in [2.45, 2.75) is 13.5 Å². The van der Waals surface area contributed by atoms with Crippen LogP contribution in [0.1, 0.15) is 21.5 Å². The summed E-state index contributed by atoms with van der Waals surface area (Å²) in [5.41, 5.74) is 2.66. The molecule has 30 heavy (non-hydrogen) atoms. The monoisotopic (exact) mass is 490 g/mol. The number of anilines is 2. The highest BCUT2D eigenvalue weighted by molar-refractivity contribution is 9.10. The molecule has 0 bridgehead atoms. The van der Waals surface area contributed by atoms with E-state index in [9.17, 15) is 17.6 Å². The lowest BCUT2D eigenvalue weighted by Gasteiger charge is -2.23. The summed E-state index contributed by atoms with van der Waals surface area (Å²) in [6.07, 6.45) is 1.16. The van der Waals surface area contributed by atoms with Crippen LogP contribution in [-0.2, 0) is 16.6 Å². The first-order valence-electron chi connectivity index (χ1n) is 9.03. The van der Waals surface area contributed by atoms with Crippen LogP contribution in [0, 0.1) is 12.7 Å². The van der Waals surface area contributed by atoms with Gasteiger partial charge in [-0.15, -0.1) is 0 Å². The zero-order valence-electron chi connectivity index (χ0n) is 16.4. The summed E-state index contributed by atoms with van der Waals surface area (Å²) in [5, 5.41) is 2.53. The Balaban J connectivity index is 1.77. The Morgan fingerprint density at radius 3 is 2.37 bits per heavy atom. The summed E-state index contributed by atoms with van der Waals surface area (Å²) in [7, 11) is -3.50. The second-order valence-corrected chi connectivity index (χ2v) is 9.71. The predicted molar refractivity (Wildman–Crippen MR) is 121 cm³/mol. The number of sulfonamides is 1. The molecule has 0 aliphatic heterocycles. The van der Waals surface area contributed by atoms with Crippen LogP contribution in [0.4, 0.5) is 15.8 Å². The van der Waals surface area contributed by atoms with Gasteiger partial charge in [0.2, 0.25) is 10.0 Å². The standard InChI is InChI=1S/C22H20BrFN2O3S/c1-15-4-3-5-19(12-15)26(30(2,28)29)14-16-6-8-17(9-7-16)22(27)25-21-11-10-18(23)13-20(21)24/h3-13H,14H2,1-2H3,(H,25,27). The molecule has 0 saturated heterocycles. The van der Waals surface area contributed by atoms with Crippen LogP contribution in [0.3, 0.4) is 0 Å². The van der Waals surface area contributed by atoms with Gasteiger partial charge in [-0.3, -0.25) is 9.10 Å². The molecule has 3 aromatic carbocycles. The van der Waals surface area contributed by atoms with Crippen molar-refractivity contribution < 1.29 is 17.6 Å². The summed E-state index contributed by atoms with van der Waals surface area (Å²) in [6, 6.07) is 18.1. The fourth-order valence-electron chi connectivity index (χ4n) is 2.90. The van der Waals surface area contributed by atoms with E-state index in [-0.39, 0.29) is 12.2 Å². The quantitative estimate of drug-likeness (QED) is 0.521. The number of benzene rings is 3. The Kier molecular flexibility index (Phi) is 6.58. The second kappa shape index (κ2) is 8.97. The Morgan fingerprint density at radius 1 is 1.07 bits per heavy atom. The predicted octanol–water partition coefficient (Wildman–Crippen LogP) is 5.12. The molecule has 0 saturated carbocycles. The zero-order valence-corrected chi connectivity index (χ0v) is 18.8. The minimum absolute atomic E-state index is 0.0787. The van der Waals surface area contributed by atoms with Crippen molar-refractivity contribution in [3.05, 3.63) is 93.7 Å². The number of halogens is 2. The van der Waals surface area contributed by atoms with E-state index < -0.39 is 21.7 Å². The number of carbonyl (C=O) groups excluding carboxylic acids is 1. The summed E-state index contributed by atoms with van der Waals surface area (Å²) in [6.45, 7) is 2.02. The molecule has 0 aliphatic rings. The number of rotatable bonds is 6. The number of carbonyl (C=O) groups is 1. The number of hydrogen-bond donors (Lipinski definition) is 1. The molecule has 1 N–H and O–H groups in total. The molecule has 0 unspecified atom stereocenters. The first-order valence-corrected chi connectivity index (χ1v) is 11.7. The van der Waals surface area contributed by atoms with E-state index in [0.717, 1.165) is 11.8 Å². The van der Waals surface area contributed by atoms with Crippen LogP contribution in [0.15, 0.2) is 71.2 Å². The van der Waals surface area contributed by atoms with Crippen molar-refractivity contribution in [1.82, 2.24) is 0 Å². The van der Waals surface area contributed by atoms with Crippen molar-refractivity contribution >= 4 is 43.2 Å². The van der Waals surface area contributed by atoms with E-state index >= 15 is 0 Å².